The predicted molar refractivity (Wildman–Crippen MR) is 119 cm³/mol. The van der Waals surface area contributed by atoms with Crippen LogP contribution in [0, 0.1) is 6.92 Å². The number of fused-ring (bicyclic) bond motifs is 1. The number of aliphatic hydroxyl groups excluding tert-OH is 1. The third-order valence-electron chi connectivity index (χ3n) is 5.16. The van der Waals surface area contributed by atoms with Gasteiger partial charge in [-0.3, -0.25) is 9.78 Å². The van der Waals surface area contributed by atoms with Crippen LogP contribution >= 0.6 is 11.6 Å². The number of halogens is 1. The minimum Gasteiger partial charge on any atom is -0.504 e. The number of nitrogens with one attached hydrogen (secondary N) is 1. The molecule has 1 aliphatic rings. The Labute approximate surface area is 182 Å². The van der Waals surface area contributed by atoms with E-state index in [0.717, 1.165) is 22.3 Å². The van der Waals surface area contributed by atoms with E-state index in [9.17, 15) is 9.90 Å². The summed E-state index contributed by atoms with van der Waals surface area (Å²) in [6, 6.07) is 16.9. The average molecular weight is 430 g/mol. The Morgan fingerprint density at radius 2 is 1.65 bits per heavy atom. The van der Waals surface area contributed by atoms with Crippen LogP contribution in [0.25, 0.3) is 33.6 Å². The van der Waals surface area contributed by atoms with Crippen molar-refractivity contribution in [3.63, 3.8) is 0 Å². The van der Waals surface area contributed by atoms with Crippen LogP contribution in [0.2, 0.25) is 5.02 Å². The lowest BCUT2D eigenvalue weighted by atomic mass is 9.96. The first-order valence-corrected chi connectivity index (χ1v) is 9.92. The molecule has 0 aliphatic carbocycles. The number of pyridine rings is 1. The summed E-state index contributed by atoms with van der Waals surface area (Å²) in [6.45, 7) is 1.74. The molecule has 0 spiro atoms. The molecule has 31 heavy (non-hydrogen) atoms. The maximum absolute atomic E-state index is 12.6. The van der Waals surface area contributed by atoms with Crippen molar-refractivity contribution < 1.29 is 14.4 Å². The van der Waals surface area contributed by atoms with E-state index in [1.54, 1.807) is 37.5 Å². The fraction of sp³-hybridized carbons (Fsp3) is 0.0417. The van der Waals surface area contributed by atoms with Crippen LogP contribution in [-0.2, 0) is 4.79 Å². The molecule has 7 heteroatoms. The molecule has 0 saturated heterocycles. The van der Waals surface area contributed by atoms with Crippen LogP contribution in [0.5, 0.6) is 0 Å². The van der Waals surface area contributed by atoms with Gasteiger partial charge in [0, 0.05) is 29.6 Å². The number of aliphatic hydroxyl groups is 1. The Morgan fingerprint density at radius 3 is 2.32 bits per heavy atom. The molecule has 0 fully saturated rings. The number of hydrogen-bond donors (Lipinski definition) is 2. The summed E-state index contributed by atoms with van der Waals surface area (Å²) in [5, 5.41) is 17.7. The quantitative estimate of drug-likeness (QED) is 0.320. The van der Waals surface area contributed by atoms with E-state index < -0.39 is 5.91 Å². The molecule has 0 bridgehead atoms. The highest BCUT2D eigenvalue weighted by molar-refractivity contribution is 6.38. The summed E-state index contributed by atoms with van der Waals surface area (Å²) in [4.78, 5) is 16.6. The zero-order valence-electron chi connectivity index (χ0n) is 16.4. The second-order valence-corrected chi connectivity index (χ2v) is 7.61. The number of amides is 1. The van der Waals surface area contributed by atoms with Gasteiger partial charge in [0.15, 0.2) is 5.76 Å². The topological polar surface area (TPSA) is 88.2 Å². The molecule has 4 aromatic rings. The predicted octanol–water partition coefficient (Wildman–Crippen LogP) is 5.74. The third-order valence-corrected chi connectivity index (χ3v) is 5.47. The highest BCUT2D eigenvalue weighted by atomic mass is 35.5. The smallest absolute Gasteiger partial charge is 0.260 e. The van der Waals surface area contributed by atoms with Crippen molar-refractivity contribution in [2.75, 3.05) is 5.32 Å². The fourth-order valence-electron chi connectivity index (χ4n) is 3.63. The number of hydrogen-bond acceptors (Lipinski definition) is 5. The minimum absolute atomic E-state index is 0.123. The molecule has 2 aromatic carbocycles. The summed E-state index contributed by atoms with van der Waals surface area (Å²) < 4.78 is 5.13. The molecule has 0 saturated carbocycles. The summed E-state index contributed by atoms with van der Waals surface area (Å²) in [7, 11) is 0. The zero-order chi connectivity index (χ0) is 21.5. The SMILES string of the molecule is Cc1cc(C(O)=C2C(=O)Nc3cc(Cl)c(-c4ccc(-c5ccncc5)cc4)cc32)on1. The van der Waals surface area contributed by atoms with Gasteiger partial charge in [0.05, 0.1) is 22.0 Å². The normalized spacial score (nSPS) is 14.3. The Bertz CT molecular complexity index is 1340. The molecule has 3 heterocycles. The van der Waals surface area contributed by atoms with Crippen LogP contribution in [0.4, 0.5) is 5.69 Å². The Kier molecular flexibility index (Phi) is 4.56. The number of anilines is 1. The standard InChI is InChI=1S/C24H16ClN3O3/c1-13-10-21(31-28-13)23(29)22-18-11-17(19(25)12-20(18)27-24(22)30)16-4-2-14(3-5-16)15-6-8-26-9-7-15/h2-12,29H,1H3,(H,27,30). The number of nitrogens with zero attached hydrogens (tertiary/aromatic N) is 2. The fourth-order valence-corrected chi connectivity index (χ4v) is 3.90. The molecule has 0 atom stereocenters. The molecular formula is C24H16ClN3O3. The maximum atomic E-state index is 12.6. The summed E-state index contributed by atoms with van der Waals surface area (Å²) in [5.41, 5.74) is 5.56. The zero-order valence-corrected chi connectivity index (χ0v) is 17.1. The molecule has 0 radical (unpaired) electrons. The molecule has 5 rings (SSSR count). The van der Waals surface area contributed by atoms with Crippen LogP contribution < -0.4 is 5.32 Å². The first-order chi connectivity index (χ1) is 15.0. The Balaban J connectivity index is 1.59. The second-order valence-electron chi connectivity index (χ2n) is 7.20. The summed E-state index contributed by atoms with van der Waals surface area (Å²) >= 11 is 6.53. The molecule has 2 aromatic heterocycles. The van der Waals surface area contributed by atoms with Crippen molar-refractivity contribution in [2.45, 2.75) is 6.92 Å². The minimum atomic E-state index is -0.428. The van der Waals surface area contributed by atoms with Gasteiger partial charge in [-0.15, -0.1) is 0 Å². The summed E-state index contributed by atoms with van der Waals surface area (Å²) in [5.74, 6) is -0.560. The first-order valence-electron chi connectivity index (χ1n) is 9.54. The number of benzene rings is 2. The van der Waals surface area contributed by atoms with Crippen molar-refractivity contribution in [2.24, 2.45) is 0 Å². The second kappa shape index (κ2) is 7.41. The van der Waals surface area contributed by atoms with Gasteiger partial charge in [0.2, 0.25) is 5.76 Å². The van der Waals surface area contributed by atoms with Gasteiger partial charge in [-0.1, -0.05) is 41.0 Å². The van der Waals surface area contributed by atoms with Gasteiger partial charge >= 0.3 is 0 Å². The van der Waals surface area contributed by atoms with Crippen molar-refractivity contribution in [3.05, 3.63) is 89.0 Å². The molecule has 2 N–H and O–H groups in total. The molecule has 1 aliphatic heterocycles. The van der Waals surface area contributed by atoms with Crippen molar-refractivity contribution in [1.82, 2.24) is 10.1 Å². The largest absolute Gasteiger partial charge is 0.504 e. The molecule has 152 valence electrons. The van der Waals surface area contributed by atoms with Gasteiger partial charge in [0.25, 0.3) is 5.91 Å². The van der Waals surface area contributed by atoms with E-state index in [2.05, 4.69) is 15.5 Å². The molecule has 6 nitrogen and oxygen atoms in total. The number of rotatable bonds is 3. The lowest BCUT2D eigenvalue weighted by Gasteiger charge is -2.10. The van der Waals surface area contributed by atoms with Crippen LogP contribution in [-0.4, -0.2) is 21.2 Å². The third kappa shape index (κ3) is 3.37. The number of aromatic nitrogens is 2. The Hall–Kier alpha value is -3.90. The van der Waals surface area contributed by atoms with Crippen molar-refractivity contribution in [1.29, 1.82) is 0 Å². The Morgan fingerprint density at radius 1 is 0.968 bits per heavy atom. The highest BCUT2D eigenvalue weighted by Crippen LogP contribution is 2.42. The number of aryl methyl sites for hydroxylation is 1. The average Bonchev–Trinajstić information content (AvgIpc) is 3.35. The molecule has 0 unspecified atom stereocenters. The molecular weight excluding hydrogens is 414 g/mol. The van der Waals surface area contributed by atoms with Crippen LogP contribution in [0.15, 0.2) is 71.5 Å². The monoisotopic (exact) mass is 429 g/mol. The maximum Gasteiger partial charge on any atom is 0.260 e. The highest BCUT2D eigenvalue weighted by Gasteiger charge is 2.31. The number of carbonyl (C=O) groups is 1. The van der Waals surface area contributed by atoms with E-state index >= 15 is 0 Å². The molecule has 1 amide bonds. The summed E-state index contributed by atoms with van der Waals surface area (Å²) in [6.07, 6.45) is 3.50. The first kappa shape index (κ1) is 19.1. The van der Waals surface area contributed by atoms with E-state index in [0.29, 0.717) is 22.0 Å². The van der Waals surface area contributed by atoms with E-state index in [4.69, 9.17) is 16.1 Å². The van der Waals surface area contributed by atoms with Crippen molar-refractivity contribution >= 4 is 34.5 Å². The number of carbonyl (C=O) groups excluding carboxylic acids is 1. The van der Waals surface area contributed by atoms with Gasteiger partial charge in [-0.05, 0) is 47.9 Å². The van der Waals surface area contributed by atoms with Gasteiger partial charge in [0.1, 0.15) is 0 Å². The lowest BCUT2D eigenvalue weighted by molar-refractivity contribution is -0.110. The lowest BCUT2D eigenvalue weighted by Crippen LogP contribution is -2.05. The van der Waals surface area contributed by atoms with Crippen molar-refractivity contribution in [3.8, 4) is 22.3 Å². The van der Waals surface area contributed by atoms with Gasteiger partial charge < -0.3 is 14.9 Å². The van der Waals surface area contributed by atoms with Gasteiger partial charge in [-0.2, -0.15) is 0 Å². The van der Waals surface area contributed by atoms with Gasteiger partial charge in [-0.25, -0.2) is 0 Å². The van der Waals surface area contributed by atoms with Crippen LogP contribution in [0.1, 0.15) is 17.0 Å². The van der Waals surface area contributed by atoms with E-state index in [1.165, 1.54) is 0 Å². The van der Waals surface area contributed by atoms with Crippen LogP contribution in [0.3, 0.4) is 0 Å². The van der Waals surface area contributed by atoms with E-state index in [1.807, 2.05) is 36.4 Å². The van der Waals surface area contributed by atoms with E-state index in [-0.39, 0.29) is 17.1 Å².